The Morgan fingerprint density at radius 1 is 0.941 bits per heavy atom. The number of aryl methyl sites for hydroxylation is 1. The summed E-state index contributed by atoms with van der Waals surface area (Å²) in [5.74, 6) is -0.918. The summed E-state index contributed by atoms with van der Waals surface area (Å²) in [5, 5.41) is 2.96. The second-order valence-electron chi connectivity index (χ2n) is 7.54. The molecule has 0 spiro atoms. The van der Waals surface area contributed by atoms with E-state index >= 15 is 0 Å². The number of anilines is 1. The normalized spacial score (nSPS) is 14.4. The number of carbonyl (C=O) groups excluding carboxylic acids is 2. The van der Waals surface area contributed by atoms with E-state index < -0.39 is 16.0 Å². The summed E-state index contributed by atoms with van der Waals surface area (Å²) in [4.78, 5) is 25.4. The predicted octanol–water partition coefficient (Wildman–Crippen LogP) is 4.41. The monoisotopic (exact) mass is 474 g/mol. The van der Waals surface area contributed by atoms with Crippen molar-refractivity contribution < 1.29 is 22.7 Å². The van der Waals surface area contributed by atoms with Crippen LogP contribution in [0.2, 0.25) is 0 Å². The van der Waals surface area contributed by atoms with E-state index in [1.165, 1.54) is 25.3 Å². The number of benzene rings is 3. The number of sulfonamides is 1. The molecule has 0 saturated carbocycles. The van der Waals surface area contributed by atoms with Crippen LogP contribution in [0, 0.1) is 0 Å². The molecule has 1 aliphatic carbocycles. The van der Waals surface area contributed by atoms with Gasteiger partial charge in [-0.3, -0.25) is 4.79 Å². The summed E-state index contributed by atoms with van der Waals surface area (Å²) in [6, 6.07) is 19.8. The van der Waals surface area contributed by atoms with Gasteiger partial charge in [-0.1, -0.05) is 55.5 Å². The highest BCUT2D eigenvalue weighted by Gasteiger charge is 2.27. The molecule has 1 N–H and O–H groups in total. The third kappa shape index (κ3) is 4.53. The van der Waals surface area contributed by atoms with Crippen molar-refractivity contribution in [1.29, 1.82) is 0 Å². The van der Waals surface area contributed by atoms with Crippen LogP contribution in [0.1, 0.15) is 38.8 Å². The van der Waals surface area contributed by atoms with Crippen LogP contribution in [0.25, 0.3) is 0 Å². The quantitative estimate of drug-likeness (QED) is 0.531. The lowest BCUT2D eigenvalue weighted by Gasteiger charge is -2.19. The largest absolute Gasteiger partial charge is 0.465 e. The highest BCUT2D eigenvalue weighted by Crippen LogP contribution is 2.26. The first-order valence-electron chi connectivity index (χ1n) is 10.6. The molecule has 7 nitrogen and oxygen atoms in total. The lowest BCUT2D eigenvalue weighted by atomic mass is 9.92. The molecule has 34 heavy (non-hydrogen) atoms. The Morgan fingerprint density at radius 2 is 1.59 bits per heavy atom. The van der Waals surface area contributed by atoms with E-state index in [-0.39, 0.29) is 27.7 Å². The molecule has 8 heteroatoms. The van der Waals surface area contributed by atoms with Crippen molar-refractivity contribution in [2.45, 2.75) is 18.2 Å². The zero-order chi connectivity index (χ0) is 24.3. The molecule has 3 aromatic carbocycles. The third-order valence-corrected chi connectivity index (χ3v) is 6.73. The van der Waals surface area contributed by atoms with E-state index in [1.54, 1.807) is 60.7 Å². The second kappa shape index (κ2) is 9.44. The van der Waals surface area contributed by atoms with Crippen molar-refractivity contribution in [3.8, 4) is 0 Å². The fourth-order valence-electron chi connectivity index (χ4n) is 3.60. The minimum Gasteiger partial charge on any atom is -0.465 e. The van der Waals surface area contributed by atoms with E-state index in [9.17, 15) is 18.0 Å². The van der Waals surface area contributed by atoms with Crippen LogP contribution in [0.15, 0.2) is 93.9 Å². The summed E-state index contributed by atoms with van der Waals surface area (Å²) >= 11 is 0. The zero-order valence-corrected chi connectivity index (χ0v) is 19.4. The van der Waals surface area contributed by atoms with Crippen molar-refractivity contribution in [2.24, 2.45) is 4.40 Å². The Balaban J connectivity index is 1.80. The fourth-order valence-corrected chi connectivity index (χ4v) is 4.60. The maximum absolute atomic E-state index is 13.2. The maximum Gasteiger partial charge on any atom is 0.339 e. The van der Waals surface area contributed by atoms with Crippen LogP contribution in [0.5, 0.6) is 0 Å². The van der Waals surface area contributed by atoms with Gasteiger partial charge in [-0.15, -0.1) is 0 Å². The minimum atomic E-state index is -4.04. The molecule has 0 aliphatic heterocycles. The first kappa shape index (κ1) is 23.1. The number of rotatable bonds is 6. The smallest absolute Gasteiger partial charge is 0.339 e. The van der Waals surface area contributed by atoms with Crippen LogP contribution in [-0.4, -0.2) is 33.0 Å². The number of hydrogen-bond acceptors (Lipinski definition) is 6. The summed E-state index contributed by atoms with van der Waals surface area (Å²) < 4.78 is 35.0. The molecule has 0 fully saturated rings. The number of nitrogens with zero attached hydrogens (tertiary/aromatic N) is 1. The van der Waals surface area contributed by atoms with Gasteiger partial charge in [0.1, 0.15) is 0 Å². The molecule has 0 bridgehead atoms. The number of esters is 1. The molecule has 0 atom stereocenters. The van der Waals surface area contributed by atoms with Gasteiger partial charge in [0.15, 0.2) is 0 Å². The molecule has 0 unspecified atom stereocenters. The maximum atomic E-state index is 13.2. The number of para-hydroxylation sites is 1. The van der Waals surface area contributed by atoms with Crippen LogP contribution in [0.3, 0.4) is 0 Å². The van der Waals surface area contributed by atoms with Gasteiger partial charge in [0.25, 0.3) is 10.0 Å². The van der Waals surface area contributed by atoms with E-state index in [0.717, 1.165) is 12.0 Å². The Kier molecular flexibility index (Phi) is 6.43. The Labute approximate surface area is 197 Å². The average Bonchev–Trinajstić information content (AvgIpc) is 2.86. The molecule has 0 amide bonds. The standard InChI is InChI=1S/C26H22N2O5S/c1-3-17-12-14-18(15-13-17)34(31,32)28-23-16-24(25(29)20-9-5-4-8-19(20)23)27-22-11-7-6-10-21(22)26(30)33-2/h4-16,27H,3H2,1-2H3/b28-23+. The molecule has 0 saturated heterocycles. The summed E-state index contributed by atoms with van der Waals surface area (Å²) in [5.41, 5.74) is 2.52. The Bertz CT molecular complexity index is 1440. The van der Waals surface area contributed by atoms with Gasteiger partial charge in [0.05, 0.1) is 34.7 Å². The van der Waals surface area contributed by atoms with Crippen LogP contribution in [-0.2, 0) is 21.2 Å². The van der Waals surface area contributed by atoms with Gasteiger partial charge in [-0.2, -0.15) is 12.8 Å². The predicted molar refractivity (Wildman–Crippen MR) is 130 cm³/mol. The summed E-state index contributed by atoms with van der Waals surface area (Å²) in [7, 11) is -2.77. The number of allylic oxidation sites excluding steroid dienone is 2. The Morgan fingerprint density at radius 3 is 2.26 bits per heavy atom. The van der Waals surface area contributed by atoms with Gasteiger partial charge >= 0.3 is 5.97 Å². The number of nitrogens with one attached hydrogen (secondary N) is 1. The van der Waals surface area contributed by atoms with E-state index in [4.69, 9.17) is 4.74 Å². The lowest BCUT2D eigenvalue weighted by Crippen LogP contribution is -2.23. The molecule has 0 aromatic heterocycles. The molecular formula is C26H22N2O5S. The van der Waals surface area contributed by atoms with Crippen LogP contribution >= 0.6 is 0 Å². The number of fused-ring (bicyclic) bond motifs is 1. The van der Waals surface area contributed by atoms with Crippen LogP contribution in [0.4, 0.5) is 5.69 Å². The average molecular weight is 475 g/mol. The van der Waals surface area contributed by atoms with Gasteiger partial charge < -0.3 is 10.1 Å². The SMILES string of the molecule is CCc1ccc(S(=O)(=O)/N=C2\C=C(Nc3ccccc3C(=O)OC)C(=O)c3ccccc32)cc1. The number of hydrogen-bond donors (Lipinski definition) is 1. The van der Waals surface area contributed by atoms with Gasteiger partial charge in [0, 0.05) is 11.1 Å². The molecular weight excluding hydrogens is 452 g/mol. The molecule has 3 aromatic rings. The number of Topliss-reactive ketones (excluding diaryl/α,β-unsaturated/α-hetero) is 1. The first-order chi connectivity index (χ1) is 16.3. The van der Waals surface area contributed by atoms with Crippen molar-refractivity contribution in [3.05, 3.63) is 107 Å². The molecule has 0 radical (unpaired) electrons. The van der Waals surface area contributed by atoms with Crippen LogP contribution < -0.4 is 5.32 Å². The Hall–Kier alpha value is -4.04. The minimum absolute atomic E-state index is 0.0607. The molecule has 1 aliphatic rings. The lowest BCUT2D eigenvalue weighted by molar-refractivity contribution is 0.0601. The van der Waals surface area contributed by atoms with Gasteiger partial charge in [-0.25, -0.2) is 4.79 Å². The zero-order valence-electron chi connectivity index (χ0n) is 18.6. The topological polar surface area (TPSA) is 102 Å². The molecule has 172 valence electrons. The number of ketones is 1. The molecule has 4 rings (SSSR count). The number of ether oxygens (including phenoxy) is 1. The van der Waals surface area contributed by atoms with E-state index in [2.05, 4.69) is 9.71 Å². The highest BCUT2D eigenvalue weighted by atomic mass is 32.2. The van der Waals surface area contributed by atoms with Crippen molar-refractivity contribution in [2.75, 3.05) is 12.4 Å². The van der Waals surface area contributed by atoms with Crippen molar-refractivity contribution >= 4 is 33.2 Å². The van der Waals surface area contributed by atoms with Crippen molar-refractivity contribution in [3.63, 3.8) is 0 Å². The first-order valence-corrected chi connectivity index (χ1v) is 12.0. The van der Waals surface area contributed by atoms with Gasteiger partial charge in [-0.05, 0) is 42.3 Å². The summed E-state index contributed by atoms with van der Waals surface area (Å²) in [6.45, 7) is 1.98. The highest BCUT2D eigenvalue weighted by molar-refractivity contribution is 7.90. The second-order valence-corrected chi connectivity index (χ2v) is 9.15. The fraction of sp³-hybridized carbons (Fsp3) is 0.115. The number of carbonyl (C=O) groups is 2. The van der Waals surface area contributed by atoms with E-state index in [0.29, 0.717) is 16.8 Å². The third-order valence-electron chi connectivity index (χ3n) is 5.42. The van der Waals surface area contributed by atoms with E-state index in [1.807, 2.05) is 6.92 Å². The van der Waals surface area contributed by atoms with Crippen molar-refractivity contribution in [1.82, 2.24) is 0 Å². The molecule has 0 heterocycles. The van der Waals surface area contributed by atoms with Gasteiger partial charge in [0.2, 0.25) is 5.78 Å². The summed E-state index contributed by atoms with van der Waals surface area (Å²) in [6.07, 6.45) is 2.17. The number of methoxy groups -OCH3 is 1.